The average molecular weight is 406 g/mol. The normalized spacial score (nSPS) is 19.1. The van der Waals surface area contributed by atoms with Crippen LogP contribution in [0.5, 0.6) is 11.5 Å². The summed E-state index contributed by atoms with van der Waals surface area (Å²) in [6.45, 7) is 1.68. The summed E-state index contributed by atoms with van der Waals surface area (Å²) < 4.78 is 25.6. The molecule has 0 spiro atoms. The van der Waals surface area contributed by atoms with Crippen LogP contribution >= 0.6 is 15.9 Å². The zero-order chi connectivity index (χ0) is 17.4. The maximum Gasteiger partial charge on any atom is 0.254 e. The molecule has 2 aliphatic heterocycles. The molecule has 2 heterocycles. The standard InChI is InChI=1S/C19H17BrFNO3/c20-14-7-6-12(11-15(14)21)19(23)22-8-2-4-16(22)13-3-1-5-17-18(13)25-10-9-24-17/h1,3,5-7,11,16H,2,4,8-10H2. The summed E-state index contributed by atoms with van der Waals surface area (Å²) in [5, 5.41) is 0. The topological polar surface area (TPSA) is 38.8 Å². The van der Waals surface area contributed by atoms with Crippen molar-refractivity contribution in [2.45, 2.75) is 18.9 Å². The van der Waals surface area contributed by atoms with Crippen LogP contribution in [-0.4, -0.2) is 30.6 Å². The molecule has 4 nitrogen and oxygen atoms in total. The molecule has 2 aliphatic rings. The van der Waals surface area contributed by atoms with Gasteiger partial charge in [-0.3, -0.25) is 4.79 Å². The Labute approximate surface area is 153 Å². The number of likely N-dealkylation sites (tertiary alicyclic amines) is 1. The fraction of sp³-hybridized carbons (Fsp3) is 0.316. The number of para-hydroxylation sites is 1. The Morgan fingerprint density at radius 3 is 2.88 bits per heavy atom. The number of carbonyl (C=O) groups is 1. The van der Waals surface area contributed by atoms with Gasteiger partial charge in [-0.2, -0.15) is 0 Å². The molecule has 4 rings (SSSR count). The second kappa shape index (κ2) is 6.67. The van der Waals surface area contributed by atoms with Gasteiger partial charge in [0, 0.05) is 17.7 Å². The van der Waals surface area contributed by atoms with Crippen molar-refractivity contribution < 1.29 is 18.7 Å². The summed E-state index contributed by atoms with van der Waals surface area (Å²) >= 11 is 3.12. The minimum atomic E-state index is -0.435. The Hall–Kier alpha value is -2.08. The van der Waals surface area contributed by atoms with E-state index in [0.717, 1.165) is 29.9 Å². The third-order valence-electron chi connectivity index (χ3n) is 4.64. The maximum atomic E-state index is 13.8. The van der Waals surface area contributed by atoms with E-state index in [2.05, 4.69) is 15.9 Å². The third-order valence-corrected chi connectivity index (χ3v) is 5.28. The summed E-state index contributed by atoms with van der Waals surface area (Å²) in [7, 11) is 0. The van der Waals surface area contributed by atoms with Crippen molar-refractivity contribution in [2.75, 3.05) is 19.8 Å². The number of ether oxygens (including phenoxy) is 2. The lowest BCUT2D eigenvalue weighted by molar-refractivity contribution is 0.0730. The van der Waals surface area contributed by atoms with E-state index in [0.29, 0.717) is 29.8 Å². The summed E-state index contributed by atoms with van der Waals surface area (Å²) in [5.41, 5.74) is 1.32. The van der Waals surface area contributed by atoms with Crippen molar-refractivity contribution in [1.29, 1.82) is 0 Å². The van der Waals surface area contributed by atoms with E-state index in [4.69, 9.17) is 9.47 Å². The number of fused-ring (bicyclic) bond motifs is 1. The molecule has 1 atom stereocenters. The largest absolute Gasteiger partial charge is 0.486 e. The summed E-state index contributed by atoms with van der Waals surface area (Å²) in [6.07, 6.45) is 1.75. The number of amides is 1. The highest BCUT2D eigenvalue weighted by atomic mass is 79.9. The number of hydrogen-bond donors (Lipinski definition) is 0. The van der Waals surface area contributed by atoms with Gasteiger partial charge in [-0.25, -0.2) is 4.39 Å². The molecule has 0 N–H and O–H groups in total. The van der Waals surface area contributed by atoms with Gasteiger partial charge in [0.1, 0.15) is 19.0 Å². The summed E-state index contributed by atoms with van der Waals surface area (Å²) in [6, 6.07) is 10.2. The second-order valence-electron chi connectivity index (χ2n) is 6.16. The maximum absolute atomic E-state index is 13.8. The van der Waals surface area contributed by atoms with Gasteiger partial charge in [0.15, 0.2) is 11.5 Å². The average Bonchev–Trinajstić information content (AvgIpc) is 3.12. The Morgan fingerprint density at radius 2 is 2.04 bits per heavy atom. The zero-order valence-electron chi connectivity index (χ0n) is 13.5. The SMILES string of the molecule is O=C(c1ccc(Br)c(F)c1)N1CCCC1c1cccc2c1OCCO2. The van der Waals surface area contributed by atoms with E-state index in [-0.39, 0.29) is 11.9 Å². The van der Waals surface area contributed by atoms with Gasteiger partial charge < -0.3 is 14.4 Å². The van der Waals surface area contributed by atoms with Crippen molar-refractivity contribution in [3.05, 3.63) is 57.8 Å². The minimum absolute atomic E-state index is 0.0872. The molecular weight excluding hydrogens is 389 g/mol. The van der Waals surface area contributed by atoms with Gasteiger partial charge in [0.05, 0.1) is 10.5 Å². The van der Waals surface area contributed by atoms with E-state index in [1.54, 1.807) is 17.0 Å². The third kappa shape index (κ3) is 2.99. The molecule has 0 aliphatic carbocycles. The van der Waals surface area contributed by atoms with Crippen LogP contribution in [0.25, 0.3) is 0 Å². The Balaban J connectivity index is 1.67. The molecule has 1 fully saturated rings. The zero-order valence-corrected chi connectivity index (χ0v) is 15.1. The Kier molecular flexibility index (Phi) is 4.37. The van der Waals surface area contributed by atoms with Gasteiger partial charge in [-0.1, -0.05) is 12.1 Å². The lowest BCUT2D eigenvalue weighted by atomic mass is 10.0. The second-order valence-corrected chi connectivity index (χ2v) is 7.01. The molecule has 2 aromatic carbocycles. The quantitative estimate of drug-likeness (QED) is 0.745. The molecule has 0 saturated carbocycles. The van der Waals surface area contributed by atoms with E-state index in [1.165, 1.54) is 6.07 Å². The smallest absolute Gasteiger partial charge is 0.254 e. The number of carbonyl (C=O) groups excluding carboxylic acids is 1. The first-order valence-corrected chi connectivity index (χ1v) is 9.09. The van der Waals surface area contributed by atoms with Crippen molar-refractivity contribution in [1.82, 2.24) is 4.90 Å². The van der Waals surface area contributed by atoms with Gasteiger partial charge in [0.2, 0.25) is 0 Å². The molecule has 6 heteroatoms. The number of rotatable bonds is 2. The Bertz CT molecular complexity index is 826. The monoisotopic (exact) mass is 405 g/mol. The molecule has 130 valence electrons. The lowest BCUT2D eigenvalue weighted by Crippen LogP contribution is -2.31. The predicted molar refractivity (Wildman–Crippen MR) is 94.5 cm³/mol. The predicted octanol–water partition coefficient (Wildman–Crippen LogP) is 4.34. The van der Waals surface area contributed by atoms with Crippen molar-refractivity contribution in [3.63, 3.8) is 0 Å². The molecule has 1 amide bonds. The van der Waals surface area contributed by atoms with E-state index in [1.807, 2.05) is 18.2 Å². The van der Waals surface area contributed by atoms with Crippen LogP contribution in [0.15, 0.2) is 40.9 Å². The lowest BCUT2D eigenvalue weighted by Gasteiger charge is -2.29. The highest BCUT2D eigenvalue weighted by Crippen LogP contribution is 2.43. The van der Waals surface area contributed by atoms with Crippen LogP contribution in [0.1, 0.15) is 34.8 Å². The van der Waals surface area contributed by atoms with Crippen LogP contribution in [0.4, 0.5) is 4.39 Å². The van der Waals surface area contributed by atoms with Crippen LogP contribution in [-0.2, 0) is 0 Å². The highest BCUT2D eigenvalue weighted by Gasteiger charge is 2.34. The molecular formula is C19H17BrFNO3. The number of nitrogens with zero attached hydrogens (tertiary/aromatic N) is 1. The molecule has 0 bridgehead atoms. The van der Waals surface area contributed by atoms with Gasteiger partial charge >= 0.3 is 0 Å². The van der Waals surface area contributed by atoms with Crippen LogP contribution in [0.2, 0.25) is 0 Å². The molecule has 2 aromatic rings. The number of benzene rings is 2. The summed E-state index contributed by atoms with van der Waals surface area (Å²) in [5.74, 6) is 0.844. The van der Waals surface area contributed by atoms with Crippen molar-refractivity contribution in [3.8, 4) is 11.5 Å². The molecule has 1 unspecified atom stereocenters. The van der Waals surface area contributed by atoms with Crippen LogP contribution in [0.3, 0.4) is 0 Å². The first-order chi connectivity index (χ1) is 12.1. The molecule has 0 radical (unpaired) electrons. The molecule has 0 aromatic heterocycles. The molecule has 1 saturated heterocycles. The fourth-order valence-electron chi connectivity index (χ4n) is 3.49. The first-order valence-electron chi connectivity index (χ1n) is 8.29. The van der Waals surface area contributed by atoms with Gasteiger partial charge in [0.25, 0.3) is 5.91 Å². The van der Waals surface area contributed by atoms with Crippen LogP contribution in [0, 0.1) is 5.82 Å². The molecule has 25 heavy (non-hydrogen) atoms. The first kappa shape index (κ1) is 16.4. The van der Waals surface area contributed by atoms with Crippen molar-refractivity contribution >= 4 is 21.8 Å². The van der Waals surface area contributed by atoms with Gasteiger partial charge in [-0.05, 0) is 53.0 Å². The van der Waals surface area contributed by atoms with E-state index in [9.17, 15) is 9.18 Å². The summed E-state index contributed by atoms with van der Waals surface area (Å²) in [4.78, 5) is 14.7. The van der Waals surface area contributed by atoms with Gasteiger partial charge in [-0.15, -0.1) is 0 Å². The highest BCUT2D eigenvalue weighted by molar-refractivity contribution is 9.10. The number of hydrogen-bond acceptors (Lipinski definition) is 3. The van der Waals surface area contributed by atoms with Crippen LogP contribution < -0.4 is 9.47 Å². The van der Waals surface area contributed by atoms with E-state index < -0.39 is 5.82 Å². The van der Waals surface area contributed by atoms with Crippen molar-refractivity contribution in [2.24, 2.45) is 0 Å². The van der Waals surface area contributed by atoms with E-state index >= 15 is 0 Å². The fourth-order valence-corrected chi connectivity index (χ4v) is 3.73. The number of halogens is 2. The Morgan fingerprint density at radius 1 is 1.20 bits per heavy atom. The minimum Gasteiger partial charge on any atom is -0.486 e.